The third kappa shape index (κ3) is 2.88. The second-order valence-corrected chi connectivity index (χ2v) is 6.68. The van der Waals surface area contributed by atoms with E-state index in [1.54, 1.807) is 6.07 Å². The molecule has 0 amide bonds. The molecule has 1 aromatic carbocycles. The van der Waals surface area contributed by atoms with Crippen LogP contribution in [-0.4, -0.2) is 20.0 Å². The van der Waals surface area contributed by atoms with Crippen LogP contribution >= 0.6 is 11.6 Å². The predicted molar refractivity (Wildman–Crippen MR) is 78.9 cm³/mol. The molecule has 1 aliphatic heterocycles. The normalized spacial score (nSPS) is 17.9. The molecule has 0 bridgehead atoms. The fourth-order valence-corrected chi connectivity index (χ4v) is 3.99. The average molecular weight is 325 g/mol. The molecule has 0 saturated heterocycles. The number of para-hydroxylation sites is 1. The molecule has 0 aliphatic carbocycles. The zero-order valence-corrected chi connectivity index (χ0v) is 12.6. The third-order valence-corrected chi connectivity index (χ3v) is 5.19. The Kier molecular flexibility index (Phi) is 3.84. The van der Waals surface area contributed by atoms with Crippen molar-refractivity contribution < 1.29 is 13.2 Å². The number of halogens is 1. The number of fused-ring (bicyclic) bond motifs is 1. The second-order valence-electron chi connectivity index (χ2n) is 4.64. The van der Waals surface area contributed by atoms with E-state index in [1.165, 1.54) is 12.3 Å². The number of nitrogens with one attached hydrogen (secondary N) is 1. The summed E-state index contributed by atoms with van der Waals surface area (Å²) in [4.78, 5) is 3.79. The van der Waals surface area contributed by atoms with Crippen molar-refractivity contribution in [1.82, 2.24) is 9.71 Å². The van der Waals surface area contributed by atoms with Gasteiger partial charge in [0.25, 0.3) is 0 Å². The molecule has 1 N–H and O–H groups in total. The highest BCUT2D eigenvalue weighted by Crippen LogP contribution is 2.33. The van der Waals surface area contributed by atoms with E-state index in [-0.39, 0.29) is 16.1 Å². The molecule has 1 atom stereocenters. The number of ether oxygens (including phenoxy) is 1. The lowest BCUT2D eigenvalue weighted by Gasteiger charge is -2.26. The minimum absolute atomic E-state index is 0.0179. The standard InChI is InChI=1S/C14H13ClN2O3S/c15-14-13(6-3-8-16-14)21(18,19)17-11-7-9-20-12-5-2-1-4-10(11)12/h1-6,8,11,17H,7,9H2. The molecule has 5 nitrogen and oxygen atoms in total. The Hall–Kier alpha value is -1.63. The van der Waals surface area contributed by atoms with Crippen LogP contribution in [0, 0.1) is 0 Å². The lowest BCUT2D eigenvalue weighted by atomic mass is 10.0. The zero-order valence-electron chi connectivity index (χ0n) is 11.0. The molecule has 110 valence electrons. The second kappa shape index (κ2) is 5.63. The summed E-state index contributed by atoms with van der Waals surface area (Å²) in [5.41, 5.74) is 0.826. The lowest BCUT2D eigenvalue weighted by Crippen LogP contribution is -2.32. The molecular formula is C14H13ClN2O3S. The van der Waals surface area contributed by atoms with Crippen LogP contribution in [0.4, 0.5) is 0 Å². The largest absolute Gasteiger partial charge is 0.493 e. The SMILES string of the molecule is O=S(=O)(NC1CCOc2ccccc21)c1cccnc1Cl. The summed E-state index contributed by atoms with van der Waals surface area (Å²) < 4.78 is 33.1. The van der Waals surface area contributed by atoms with Crippen LogP contribution in [0.5, 0.6) is 5.75 Å². The molecule has 1 aliphatic rings. The van der Waals surface area contributed by atoms with E-state index in [0.717, 1.165) is 5.56 Å². The molecular weight excluding hydrogens is 312 g/mol. The Morgan fingerprint density at radius 1 is 1.24 bits per heavy atom. The summed E-state index contributed by atoms with van der Waals surface area (Å²) in [6.45, 7) is 0.463. The van der Waals surface area contributed by atoms with Gasteiger partial charge in [0.1, 0.15) is 15.8 Å². The van der Waals surface area contributed by atoms with Crippen LogP contribution in [-0.2, 0) is 10.0 Å². The van der Waals surface area contributed by atoms with Crippen molar-refractivity contribution in [3.8, 4) is 5.75 Å². The highest BCUT2D eigenvalue weighted by Gasteiger charge is 2.27. The van der Waals surface area contributed by atoms with E-state index in [9.17, 15) is 8.42 Å². The van der Waals surface area contributed by atoms with Crippen molar-refractivity contribution in [2.24, 2.45) is 0 Å². The van der Waals surface area contributed by atoms with Gasteiger partial charge < -0.3 is 4.74 Å². The Morgan fingerprint density at radius 2 is 2.05 bits per heavy atom. The topological polar surface area (TPSA) is 68.3 Å². The lowest BCUT2D eigenvalue weighted by molar-refractivity contribution is 0.263. The van der Waals surface area contributed by atoms with Crippen molar-refractivity contribution in [1.29, 1.82) is 0 Å². The molecule has 0 spiro atoms. The Morgan fingerprint density at radius 3 is 2.86 bits per heavy atom. The van der Waals surface area contributed by atoms with Gasteiger partial charge >= 0.3 is 0 Å². The molecule has 0 saturated carbocycles. The molecule has 7 heteroatoms. The summed E-state index contributed by atoms with van der Waals surface area (Å²) >= 11 is 5.87. The van der Waals surface area contributed by atoms with Crippen LogP contribution < -0.4 is 9.46 Å². The highest BCUT2D eigenvalue weighted by molar-refractivity contribution is 7.89. The summed E-state index contributed by atoms with van der Waals surface area (Å²) in [6.07, 6.45) is 2.01. The van der Waals surface area contributed by atoms with Gasteiger partial charge in [-0.3, -0.25) is 0 Å². The minimum Gasteiger partial charge on any atom is -0.493 e. The van der Waals surface area contributed by atoms with Gasteiger partial charge in [-0.2, -0.15) is 0 Å². The van der Waals surface area contributed by atoms with E-state index < -0.39 is 10.0 Å². The van der Waals surface area contributed by atoms with E-state index >= 15 is 0 Å². The van der Waals surface area contributed by atoms with Crippen LogP contribution in [0.3, 0.4) is 0 Å². The van der Waals surface area contributed by atoms with Crippen LogP contribution in [0.2, 0.25) is 5.15 Å². The number of sulfonamides is 1. The monoisotopic (exact) mass is 324 g/mol. The van der Waals surface area contributed by atoms with Gasteiger partial charge in [0.2, 0.25) is 10.0 Å². The molecule has 2 aromatic rings. The number of benzene rings is 1. The van der Waals surface area contributed by atoms with Crippen molar-refractivity contribution in [3.05, 3.63) is 53.3 Å². The maximum absolute atomic E-state index is 12.5. The quantitative estimate of drug-likeness (QED) is 0.881. The smallest absolute Gasteiger partial charge is 0.244 e. The molecule has 0 radical (unpaired) electrons. The average Bonchev–Trinajstić information content (AvgIpc) is 2.47. The highest BCUT2D eigenvalue weighted by atomic mass is 35.5. The first-order valence-electron chi connectivity index (χ1n) is 6.42. The van der Waals surface area contributed by atoms with E-state index in [4.69, 9.17) is 16.3 Å². The summed E-state index contributed by atoms with van der Waals surface area (Å²) in [5, 5.41) is -0.0367. The Bertz CT molecular complexity index is 764. The van der Waals surface area contributed by atoms with Crippen molar-refractivity contribution in [3.63, 3.8) is 0 Å². The van der Waals surface area contributed by atoms with Gasteiger partial charge in [-0.15, -0.1) is 0 Å². The first-order valence-corrected chi connectivity index (χ1v) is 8.28. The first kappa shape index (κ1) is 14.3. The first-order chi connectivity index (χ1) is 10.1. The van der Waals surface area contributed by atoms with Gasteiger partial charge in [0.05, 0.1) is 12.6 Å². The minimum atomic E-state index is -3.73. The maximum atomic E-state index is 12.5. The van der Waals surface area contributed by atoms with Gasteiger partial charge in [0.15, 0.2) is 0 Å². The van der Waals surface area contributed by atoms with Crippen LogP contribution in [0.15, 0.2) is 47.5 Å². The van der Waals surface area contributed by atoms with Crippen molar-refractivity contribution in [2.75, 3.05) is 6.61 Å². The molecule has 1 unspecified atom stereocenters. The van der Waals surface area contributed by atoms with Gasteiger partial charge in [-0.05, 0) is 18.2 Å². The third-order valence-electron chi connectivity index (χ3n) is 3.27. The number of aromatic nitrogens is 1. The predicted octanol–water partition coefficient (Wildman–Crippen LogP) is 2.54. The van der Waals surface area contributed by atoms with Gasteiger partial charge in [-0.25, -0.2) is 18.1 Å². The van der Waals surface area contributed by atoms with E-state index in [2.05, 4.69) is 9.71 Å². The summed E-state index contributed by atoms with van der Waals surface area (Å²) in [7, 11) is -3.73. The maximum Gasteiger partial charge on any atom is 0.244 e. The Labute approximate surface area is 128 Å². The molecule has 3 rings (SSSR count). The van der Waals surface area contributed by atoms with Crippen molar-refractivity contribution in [2.45, 2.75) is 17.4 Å². The van der Waals surface area contributed by atoms with Crippen LogP contribution in [0.25, 0.3) is 0 Å². The number of pyridine rings is 1. The van der Waals surface area contributed by atoms with Crippen molar-refractivity contribution >= 4 is 21.6 Å². The number of rotatable bonds is 3. The summed E-state index contributed by atoms with van der Waals surface area (Å²) in [6, 6.07) is 10.0. The zero-order chi connectivity index (χ0) is 14.9. The number of nitrogens with zero attached hydrogens (tertiary/aromatic N) is 1. The molecule has 2 heterocycles. The van der Waals surface area contributed by atoms with Gasteiger partial charge in [-0.1, -0.05) is 29.8 Å². The number of hydrogen-bond donors (Lipinski definition) is 1. The van der Waals surface area contributed by atoms with Gasteiger partial charge in [0, 0.05) is 18.2 Å². The van der Waals surface area contributed by atoms with E-state index in [1.807, 2.05) is 24.3 Å². The molecule has 1 aromatic heterocycles. The fraction of sp³-hybridized carbons (Fsp3) is 0.214. The molecule has 0 fully saturated rings. The molecule has 21 heavy (non-hydrogen) atoms. The van der Waals surface area contributed by atoms with Crippen LogP contribution in [0.1, 0.15) is 18.0 Å². The number of hydrogen-bond acceptors (Lipinski definition) is 4. The Balaban J connectivity index is 1.93. The van der Waals surface area contributed by atoms with E-state index in [0.29, 0.717) is 18.8 Å². The fourth-order valence-electron chi connectivity index (χ4n) is 2.29. The summed E-state index contributed by atoms with van der Waals surface area (Å²) in [5.74, 6) is 0.703.